The quantitative estimate of drug-likeness (QED) is 0.624. The summed E-state index contributed by atoms with van der Waals surface area (Å²) in [7, 11) is 0. The van der Waals surface area contributed by atoms with Crippen LogP contribution in [0.25, 0.3) is 0 Å². The fraction of sp³-hybridized carbons (Fsp3) is 0.444. The van der Waals surface area contributed by atoms with Gasteiger partial charge < -0.3 is 15.8 Å². The van der Waals surface area contributed by atoms with Crippen molar-refractivity contribution in [3.8, 4) is 0 Å². The summed E-state index contributed by atoms with van der Waals surface area (Å²) in [4.78, 5) is 13.5. The van der Waals surface area contributed by atoms with Gasteiger partial charge in [0.1, 0.15) is 0 Å². The van der Waals surface area contributed by atoms with Gasteiger partial charge in [-0.15, -0.1) is 0 Å². The molecule has 0 saturated heterocycles. The van der Waals surface area contributed by atoms with Gasteiger partial charge in [0.15, 0.2) is 0 Å². The fourth-order valence-corrected chi connectivity index (χ4v) is 1.29. The van der Waals surface area contributed by atoms with Crippen molar-refractivity contribution in [3.05, 3.63) is 24.0 Å². The first kappa shape index (κ1) is 9.80. The van der Waals surface area contributed by atoms with E-state index in [1.54, 1.807) is 0 Å². The number of aromatic amines is 1. The molecule has 0 spiro atoms. The van der Waals surface area contributed by atoms with Crippen LogP contribution in [-0.4, -0.2) is 22.6 Å². The third-order valence-electron chi connectivity index (χ3n) is 1.97. The molecule has 4 heteroatoms. The van der Waals surface area contributed by atoms with Gasteiger partial charge in [-0.1, -0.05) is 0 Å². The zero-order chi connectivity index (χ0) is 9.68. The number of hydrogen-bond acceptors (Lipinski definition) is 2. The molecule has 0 aromatic carbocycles. The first-order valence-electron chi connectivity index (χ1n) is 4.26. The minimum Gasteiger partial charge on any atom is -0.481 e. The summed E-state index contributed by atoms with van der Waals surface area (Å²) in [5.41, 5.74) is 6.50. The molecule has 1 aromatic rings. The lowest BCUT2D eigenvalue weighted by atomic mass is 10.00. The van der Waals surface area contributed by atoms with E-state index in [1.165, 1.54) is 0 Å². The molecule has 0 aliphatic heterocycles. The van der Waals surface area contributed by atoms with Gasteiger partial charge in [0.05, 0.1) is 0 Å². The average molecular weight is 182 g/mol. The van der Waals surface area contributed by atoms with Gasteiger partial charge in [0.25, 0.3) is 0 Å². The summed E-state index contributed by atoms with van der Waals surface area (Å²) in [6.45, 7) is 0.408. The van der Waals surface area contributed by atoms with Crippen molar-refractivity contribution in [2.24, 2.45) is 11.7 Å². The number of H-pyrrole nitrogens is 1. The Morgan fingerprint density at radius 2 is 2.46 bits per heavy atom. The van der Waals surface area contributed by atoms with E-state index in [0.29, 0.717) is 13.0 Å². The van der Waals surface area contributed by atoms with Crippen molar-refractivity contribution in [1.82, 2.24) is 4.98 Å². The number of hydrogen-bond donors (Lipinski definition) is 3. The molecule has 13 heavy (non-hydrogen) atoms. The van der Waals surface area contributed by atoms with E-state index in [-0.39, 0.29) is 12.3 Å². The van der Waals surface area contributed by atoms with Crippen LogP contribution in [-0.2, 0) is 11.2 Å². The minimum atomic E-state index is -0.790. The van der Waals surface area contributed by atoms with Crippen molar-refractivity contribution < 1.29 is 9.90 Å². The van der Waals surface area contributed by atoms with Crippen LogP contribution in [0.3, 0.4) is 0 Å². The molecule has 0 bridgehead atoms. The molecule has 4 N–H and O–H groups in total. The van der Waals surface area contributed by atoms with Gasteiger partial charge >= 0.3 is 5.97 Å². The summed E-state index contributed by atoms with van der Waals surface area (Å²) in [6.07, 6.45) is 2.66. The molecular formula is C9H14N2O2. The molecule has 0 aliphatic rings. The maximum Gasteiger partial charge on any atom is 0.303 e. The lowest BCUT2D eigenvalue weighted by molar-refractivity contribution is -0.138. The molecule has 0 aliphatic carbocycles. The third kappa shape index (κ3) is 3.29. The molecule has 1 aromatic heterocycles. The highest BCUT2D eigenvalue weighted by Gasteiger charge is 2.12. The van der Waals surface area contributed by atoms with E-state index < -0.39 is 5.97 Å². The Bertz CT molecular complexity index is 257. The van der Waals surface area contributed by atoms with Gasteiger partial charge in [-0.05, 0) is 31.0 Å². The van der Waals surface area contributed by atoms with E-state index in [1.807, 2.05) is 18.3 Å². The van der Waals surface area contributed by atoms with Gasteiger partial charge in [-0.2, -0.15) is 0 Å². The zero-order valence-electron chi connectivity index (χ0n) is 7.36. The molecule has 0 amide bonds. The molecule has 1 heterocycles. The molecule has 1 rings (SSSR count). The Kier molecular flexibility index (Phi) is 3.52. The standard InChI is InChI=1S/C9H14N2O2/c10-6-7(5-9(12)13)4-8-2-1-3-11-8/h1-3,7,11H,4-6,10H2,(H,12,13). The van der Waals surface area contributed by atoms with Crippen LogP contribution >= 0.6 is 0 Å². The maximum atomic E-state index is 10.4. The molecule has 72 valence electrons. The van der Waals surface area contributed by atoms with Crippen molar-refractivity contribution in [1.29, 1.82) is 0 Å². The highest BCUT2D eigenvalue weighted by molar-refractivity contribution is 5.67. The van der Waals surface area contributed by atoms with Crippen LogP contribution < -0.4 is 5.73 Å². The Labute approximate surface area is 76.8 Å². The average Bonchev–Trinajstić information content (AvgIpc) is 2.55. The minimum absolute atomic E-state index is 0.0242. The summed E-state index contributed by atoms with van der Waals surface area (Å²) >= 11 is 0. The first-order valence-corrected chi connectivity index (χ1v) is 4.26. The molecular weight excluding hydrogens is 168 g/mol. The van der Waals surface area contributed by atoms with Crippen molar-refractivity contribution in [2.45, 2.75) is 12.8 Å². The van der Waals surface area contributed by atoms with Crippen LogP contribution in [0.2, 0.25) is 0 Å². The number of carbonyl (C=O) groups is 1. The third-order valence-corrected chi connectivity index (χ3v) is 1.97. The monoisotopic (exact) mass is 182 g/mol. The summed E-state index contributed by atoms with van der Waals surface area (Å²) in [5, 5.41) is 8.58. The molecule has 0 radical (unpaired) electrons. The lowest BCUT2D eigenvalue weighted by Crippen LogP contribution is -2.20. The lowest BCUT2D eigenvalue weighted by Gasteiger charge is -2.10. The van der Waals surface area contributed by atoms with Gasteiger partial charge in [-0.25, -0.2) is 0 Å². The number of rotatable bonds is 5. The van der Waals surface area contributed by atoms with Crippen LogP contribution in [0.5, 0.6) is 0 Å². The van der Waals surface area contributed by atoms with Crippen LogP contribution in [0.1, 0.15) is 12.1 Å². The van der Waals surface area contributed by atoms with E-state index in [9.17, 15) is 4.79 Å². The second-order valence-electron chi connectivity index (χ2n) is 3.10. The Hall–Kier alpha value is -1.29. The summed E-state index contributed by atoms with van der Waals surface area (Å²) < 4.78 is 0. The highest BCUT2D eigenvalue weighted by atomic mass is 16.4. The Balaban J connectivity index is 2.45. The molecule has 0 fully saturated rings. The van der Waals surface area contributed by atoms with E-state index >= 15 is 0 Å². The van der Waals surface area contributed by atoms with Gasteiger partial charge in [0.2, 0.25) is 0 Å². The van der Waals surface area contributed by atoms with Crippen LogP contribution in [0, 0.1) is 5.92 Å². The number of nitrogens with two attached hydrogens (primary N) is 1. The predicted octanol–water partition coefficient (Wildman–Crippen LogP) is 0.607. The largest absolute Gasteiger partial charge is 0.481 e. The van der Waals surface area contributed by atoms with Gasteiger partial charge in [0, 0.05) is 18.3 Å². The molecule has 4 nitrogen and oxygen atoms in total. The Morgan fingerprint density at radius 3 is 2.92 bits per heavy atom. The summed E-state index contributed by atoms with van der Waals surface area (Å²) in [5.74, 6) is -0.766. The number of carboxylic acids is 1. The SMILES string of the molecule is NCC(CC(=O)O)Cc1ccc[nH]1. The van der Waals surface area contributed by atoms with Crippen molar-refractivity contribution in [2.75, 3.05) is 6.54 Å². The smallest absolute Gasteiger partial charge is 0.303 e. The number of aromatic nitrogens is 1. The summed E-state index contributed by atoms with van der Waals surface area (Å²) in [6, 6.07) is 3.83. The van der Waals surface area contributed by atoms with E-state index in [0.717, 1.165) is 5.69 Å². The first-order chi connectivity index (χ1) is 6.22. The van der Waals surface area contributed by atoms with Gasteiger partial charge in [-0.3, -0.25) is 4.79 Å². The normalized spacial score (nSPS) is 12.7. The second kappa shape index (κ2) is 4.67. The molecule has 1 atom stereocenters. The topological polar surface area (TPSA) is 79.1 Å². The fourth-order valence-electron chi connectivity index (χ4n) is 1.29. The molecule has 1 unspecified atom stereocenters. The number of carboxylic acid groups (broad SMARTS) is 1. The van der Waals surface area contributed by atoms with Crippen molar-refractivity contribution in [3.63, 3.8) is 0 Å². The Morgan fingerprint density at radius 1 is 1.69 bits per heavy atom. The highest BCUT2D eigenvalue weighted by Crippen LogP contribution is 2.09. The molecule has 0 saturated carbocycles. The maximum absolute atomic E-state index is 10.4. The van der Waals surface area contributed by atoms with Crippen LogP contribution in [0.4, 0.5) is 0 Å². The zero-order valence-corrected chi connectivity index (χ0v) is 7.36. The van der Waals surface area contributed by atoms with E-state index in [2.05, 4.69) is 4.98 Å². The second-order valence-corrected chi connectivity index (χ2v) is 3.10. The number of nitrogens with one attached hydrogen (secondary N) is 1. The van der Waals surface area contributed by atoms with E-state index in [4.69, 9.17) is 10.8 Å². The predicted molar refractivity (Wildman–Crippen MR) is 49.3 cm³/mol. The van der Waals surface area contributed by atoms with Crippen molar-refractivity contribution >= 4 is 5.97 Å². The van der Waals surface area contributed by atoms with Crippen LogP contribution in [0.15, 0.2) is 18.3 Å². The number of aliphatic carboxylic acids is 1.